The van der Waals surface area contributed by atoms with Crippen molar-refractivity contribution in [3.8, 4) is 11.5 Å². The summed E-state index contributed by atoms with van der Waals surface area (Å²) in [7, 11) is 0. The van der Waals surface area contributed by atoms with Gasteiger partial charge in [-0.1, -0.05) is 26.8 Å². The standard InChI is InChI=1S/C14H17NO5/c1-14(2,3)13(16)5-4-9-6-11-12(20-8-19-11)7-10(9)15(17)18/h4-7,13,16H,8H2,1-3H3/b5-4+. The second-order valence-corrected chi connectivity index (χ2v) is 5.69. The molecule has 0 radical (unpaired) electrons. The zero-order valence-electron chi connectivity index (χ0n) is 11.6. The molecule has 0 bridgehead atoms. The first-order valence-electron chi connectivity index (χ1n) is 6.23. The Bertz CT molecular complexity index is 559. The van der Waals surface area contributed by atoms with Crippen LogP contribution in [0.15, 0.2) is 18.2 Å². The lowest BCUT2D eigenvalue weighted by atomic mass is 9.88. The van der Waals surface area contributed by atoms with Crippen molar-refractivity contribution in [2.24, 2.45) is 5.41 Å². The molecule has 1 N–H and O–H groups in total. The zero-order valence-corrected chi connectivity index (χ0v) is 11.6. The molecule has 0 spiro atoms. The first-order valence-corrected chi connectivity index (χ1v) is 6.23. The number of nitrogens with zero attached hydrogens (tertiary/aromatic N) is 1. The maximum Gasteiger partial charge on any atom is 0.280 e. The summed E-state index contributed by atoms with van der Waals surface area (Å²) in [5, 5.41) is 21.0. The van der Waals surface area contributed by atoms with Crippen molar-refractivity contribution >= 4 is 11.8 Å². The van der Waals surface area contributed by atoms with Gasteiger partial charge in [0.15, 0.2) is 11.5 Å². The van der Waals surface area contributed by atoms with Crippen LogP contribution in [-0.4, -0.2) is 22.9 Å². The summed E-state index contributed by atoms with van der Waals surface area (Å²) >= 11 is 0. The molecule has 0 saturated carbocycles. The zero-order chi connectivity index (χ0) is 14.9. The van der Waals surface area contributed by atoms with E-state index in [2.05, 4.69) is 0 Å². The van der Waals surface area contributed by atoms with Crippen molar-refractivity contribution in [1.82, 2.24) is 0 Å². The third-order valence-corrected chi connectivity index (χ3v) is 3.06. The average Bonchev–Trinajstić information content (AvgIpc) is 2.80. The van der Waals surface area contributed by atoms with E-state index in [4.69, 9.17) is 9.47 Å². The minimum atomic E-state index is -0.701. The summed E-state index contributed by atoms with van der Waals surface area (Å²) in [5.41, 5.74) is -0.0316. The van der Waals surface area contributed by atoms with Crippen LogP contribution < -0.4 is 9.47 Å². The third-order valence-electron chi connectivity index (χ3n) is 3.06. The molecule has 1 aliphatic heterocycles. The van der Waals surface area contributed by atoms with E-state index in [9.17, 15) is 15.2 Å². The van der Waals surface area contributed by atoms with Crippen LogP contribution >= 0.6 is 0 Å². The van der Waals surface area contributed by atoms with Crippen molar-refractivity contribution in [2.75, 3.05) is 6.79 Å². The minimum Gasteiger partial charge on any atom is -0.454 e. The molecule has 6 nitrogen and oxygen atoms in total. The molecule has 0 fully saturated rings. The Morgan fingerprint density at radius 3 is 2.50 bits per heavy atom. The highest BCUT2D eigenvalue weighted by atomic mass is 16.7. The third kappa shape index (κ3) is 2.91. The van der Waals surface area contributed by atoms with E-state index < -0.39 is 11.0 Å². The van der Waals surface area contributed by atoms with Crippen LogP contribution in [0.4, 0.5) is 5.69 Å². The van der Waals surface area contributed by atoms with Crippen LogP contribution in [0.3, 0.4) is 0 Å². The highest BCUT2D eigenvalue weighted by molar-refractivity contribution is 5.67. The van der Waals surface area contributed by atoms with Gasteiger partial charge in [-0.05, 0) is 17.6 Å². The highest BCUT2D eigenvalue weighted by Crippen LogP contribution is 2.38. The molecular weight excluding hydrogens is 262 g/mol. The van der Waals surface area contributed by atoms with Gasteiger partial charge in [-0.15, -0.1) is 0 Å². The van der Waals surface area contributed by atoms with Crippen molar-refractivity contribution in [3.05, 3.63) is 33.9 Å². The van der Waals surface area contributed by atoms with Gasteiger partial charge in [0.2, 0.25) is 6.79 Å². The van der Waals surface area contributed by atoms with E-state index in [0.29, 0.717) is 17.1 Å². The van der Waals surface area contributed by atoms with Crippen molar-refractivity contribution in [3.63, 3.8) is 0 Å². The summed E-state index contributed by atoms with van der Waals surface area (Å²) < 4.78 is 10.3. The maximum atomic E-state index is 11.1. The Morgan fingerprint density at radius 1 is 1.35 bits per heavy atom. The van der Waals surface area contributed by atoms with E-state index in [0.717, 1.165) is 0 Å². The average molecular weight is 279 g/mol. The topological polar surface area (TPSA) is 81.8 Å². The number of hydrogen-bond acceptors (Lipinski definition) is 5. The molecular formula is C14H17NO5. The quantitative estimate of drug-likeness (QED) is 0.679. The number of nitro groups is 1. The number of nitro benzene ring substituents is 1. The summed E-state index contributed by atoms with van der Waals surface area (Å²) in [6.07, 6.45) is 2.38. The molecule has 1 aromatic carbocycles. The fraction of sp³-hybridized carbons (Fsp3) is 0.429. The van der Waals surface area contributed by atoms with E-state index in [1.54, 1.807) is 12.1 Å². The predicted molar refractivity (Wildman–Crippen MR) is 73.7 cm³/mol. The molecule has 0 aromatic heterocycles. The van der Waals surface area contributed by atoms with E-state index in [-0.39, 0.29) is 17.9 Å². The first kappa shape index (κ1) is 14.3. The van der Waals surface area contributed by atoms with Crippen LogP contribution in [-0.2, 0) is 0 Å². The SMILES string of the molecule is CC(C)(C)C(O)/C=C/c1cc2c(cc1[N+](=O)[O-])OCO2. The summed E-state index contributed by atoms with van der Waals surface area (Å²) in [5.74, 6) is 0.839. The van der Waals surface area contributed by atoms with Gasteiger partial charge in [0, 0.05) is 0 Å². The number of hydrogen-bond donors (Lipinski definition) is 1. The number of ether oxygens (including phenoxy) is 2. The second-order valence-electron chi connectivity index (χ2n) is 5.69. The molecule has 108 valence electrons. The number of aliphatic hydroxyl groups is 1. The molecule has 1 aromatic rings. The Hall–Kier alpha value is -2.08. The van der Waals surface area contributed by atoms with Crippen molar-refractivity contribution in [1.29, 1.82) is 0 Å². The van der Waals surface area contributed by atoms with Crippen LogP contribution in [0.5, 0.6) is 11.5 Å². The number of rotatable bonds is 3. The Balaban J connectivity index is 2.36. The predicted octanol–water partition coefficient (Wildman–Crippen LogP) is 2.74. The summed E-state index contributed by atoms with van der Waals surface area (Å²) in [4.78, 5) is 10.6. The molecule has 1 heterocycles. The number of aliphatic hydroxyl groups excluding tert-OH is 1. The van der Waals surface area contributed by atoms with E-state index >= 15 is 0 Å². The Kier molecular flexibility index (Phi) is 3.67. The molecule has 6 heteroatoms. The first-order chi connectivity index (χ1) is 9.29. The second kappa shape index (κ2) is 5.13. The largest absolute Gasteiger partial charge is 0.454 e. The lowest BCUT2D eigenvalue weighted by Crippen LogP contribution is -2.23. The lowest BCUT2D eigenvalue weighted by Gasteiger charge is -2.22. The molecule has 2 rings (SSSR count). The normalized spacial score (nSPS) is 15.6. The molecule has 0 aliphatic carbocycles. The van der Waals surface area contributed by atoms with E-state index in [1.807, 2.05) is 20.8 Å². The fourth-order valence-corrected chi connectivity index (χ4v) is 1.72. The summed E-state index contributed by atoms with van der Waals surface area (Å²) in [6, 6.07) is 2.89. The van der Waals surface area contributed by atoms with Crippen LogP contribution in [0.2, 0.25) is 0 Å². The van der Waals surface area contributed by atoms with Crippen molar-refractivity contribution < 1.29 is 19.5 Å². The monoisotopic (exact) mass is 279 g/mol. The van der Waals surface area contributed by atoms with Gasteiger partial charge in [-0.25, -0.2) is 0 Å². The van der Waals surface area contributed by atoms with Gasteiger partial charge in [-0.2, -0.15) is 0 Å². The number of benzene rings is 1. The molecule has 1 atom stereocenters. The smallest absolute Gasteiger partial charge is 0.280 e. The molecule has 1 aliphatic rings. The molecule has 20 heavy (non-hydrogen) atoms. The maximum absolute atomic E-state index is 11.1. The highest BCUT2D eigenvalue weighted by Gasteiger charge is 2.23. The summed E-state index contributed by atoms with van der Waals surface area (Å²) in [6.45, 7) is 5.71. The Labute approximate surface area is 116 Å². The van der Waals surface area contributed by atoms with Gasteiger partial charge in [0.05, 0.1) is 22.7 Å². The lowest BCUT2D eigenvalue weighted by molar-refractivity contribution is -0.385. The minimum absolute atomic E-state index is 0.0598. The van der Waals surface area contributed by atoms with Gasteiger partial charge >= 0.3 is 0 Å². The van der Waals surface area contributed by atoms with Gasteiger partial charge in [0.25, 0.3) is 5.69 Å². The van der Waals surface area contributed by atoms with Crippen LogP contribution in [0, 0.1) is 15.5 Å². The fourth-order valence-electron chi connectivity index (χ4n) is 1.72. The van der Waals surface area contributed by atoms with Gasteiger partial charge < -0.3 is 14.6 Å². The molecule has 1 unspecified atom stereocenters. The molecule has 0 amide bonds. The van der Waals surface area contributed by atoms with Gasteiger partial charge in [-0.3, -0.25) is 10.1 Å². The Morgan fingerprint density at radius 2 is 1.95 bits per heavy atom. The van der Waals surface area contributed by atoms with Gasteiger partial charge in [0.1, 0.15) is 0 Å². The van der Waals surface area contributed by atoms with Crippen LogP contribution in [0.1, 0.15) is 26.3 Å². The molecule has 0 saturated heterocycles. The number of fused-ring (bicyclic) bond motifs is 1. The van der Waals surface area contributed by atoms with Crippen molar-refractivity contribution in [2.45, 2.75) is 26.9 Å². The van der Waals surface area contributed by atoms with Crippen LogP contribution in [0.25, 0.3) is 6.08 Å². The van der Waals surface area contributed by atoms with E-state index in [1.165, 1.54) is 12.1 Å².